The normalized spacial score (nSPS) is 11.9. The van der Waals surface area contributed by atoms with E-state index in [1.165, 1.54) is 16.2 Å². The second kappa shape index (κ2) is 8.07. The molecule has 0 aliphatic heterocycles. The number of rotatable bonds is 6. The van der Waals surface area contributed by atoms with E-state index in [0.717, 1.165) is 9.75 Å². The minimum atomic E-state index is -0.646. The summed E-state index contributed by atoms with van der Waals surface area (Å²) < 4.78 is 5.36. The smallest absolute Gasteiger partial charge is 0.309 e. The summed E-state index contributed by atoms with van der Waals surface area (Å²) in [5.41, 5.74) is 0. The molecule has 2 amide bonds. The van der Waals surface area contributed by atoms with Gasteiger partial charge in [0.05, 0.1) is 6.54 Å². The van der Waals surface area contributed by atoms with Crippen molar-refractivity contribution in [3.63, 3.8) is 0 Å². The summed E-state index contributed by atoms with van der Waals surface area (Å²) in [4.78, 5) is 26.7. The maximum atomic E-state index is 11.8. The summed E-state index contributed by atoms with van der Waals surface area (Å²) in [5, 5.41) is 7.12. The zero-order valence-corrected chi connectivity index (χ0v) is 14.1. The Hall–Kier alpha value is -1.70. The van der Waals surface area contributed by atoms with Crippen molar-refractivity contribution < 1.29 is 14.3 Å². The Morgan fingerprint density at radius 1 is 1.23 bits per heavy atom. The largest absolute Gasteiger partial charge is 0.374 e. The average Bonchev–Trinajstić information content (AvgIpc) is 3.17. The van der Waals surface area contributed by atoms with E-state index in [9.17, 15) is 9.59 Å². The topological polar surface area (TPSA) is 67.4 Å². The van der Waals surface area contributed by atoms with Crippen molar-refractivity contribution in [3.8, 4) is 0 Å². The summed E-state index contributed by atoms with van der Waals surface area (Å²) >= 11 is 3.15. The van der Waals surface area contributed by atoms with Gasteiger partial charge >= 0.3 is 11.8 Å². The average molecular weight is 338 g/mol. The van der Waals surface area contributed by atoms with Crippen LogP contribution in [0.25, 0.3) is 0 Å². The summed E-state index contributed by atoms with van der Waals surface area (Å²) in [5.74, 6) is -1.28. The molecule has 2 rings (SSSR count). The fourth-order valence-electron chi connectivity index (χ4n) is 1.85. The van der Waals surface area contributed by atoms with Crippen LogP contribution in [-0.4, -0.2) is 25.5 Å². The molecule has 2 heterocycles. The number of amides is 2. The highest BCUT2D eigenvalue weighted by atomic mass is 32.1. The van der Waals surface area contributed by atoms with Crippen LogP contribution in [0.3, 0.4) is 0 Å². The molecule has 7 heteroatoms. The third kappa shape index (κ3) is 4.66. The minimum Gasteiger partial charge on any atom is -0.374 e. The number of thiophene rings is 2. The van der Waals surface area contributed by atoms with Crippen LogP contribution in [0.5, 0.6) is 0 Å². The van der Waals surface area contributed by atoms with E-state index in [4.69, 9.17) is 4.74 Å². The van der Waals surface area contributed by atoms with Gasteiger partial charge in [-0.1, -0.05) is 6.07 Å². The molecule has 0 unspecified atom stereocenters. The SMILES string of the molecule is CO[C@@H](CNC(=O)C(=O)NCc1cccs1)c1ccc(C)s1. The van der Waals surface area contributed by atoms with Crippen molar-refractivity contribution in [2.24, 2.45) is 0 Å². The molecule has 0 radical (unpaired) electrons. The number of hydrogen-bond donors (Lipinski definition) is 2. The van der Waals surface area contributed by atoms with Gasteiger partial charge in [-0.15, -0.1) is 22.7 Å². The molecule has 2 N–H and O–H groups in total. The molecule has 5 nitrogen and oxygen atoms in total. The zero-order chi connectivity index (χ0) is 15.9. The van der Waals surface area contributed by atoms with Gasteiger partial charge < -0.3 is 15.4 Å². The number of carbonyl (C=O) groups excluding carboxylic acids is 2. The van der Waals surface area contributed by atoms with Crippen molar-refractivity contribution in [1.29, 1.82) is 0 Å². The van der Waals surface area contributed by atoms with Gasteiger partial charge in [0.1, 0.15) is 6.10 Å². The van der Waals surface area contributed by atoms with Crippen molar-refractivity contribution in [2.75, 3.05) is 13.7 Å². The molecule has 0 fully saturated rings. The summed E-state index contributed by atoms with van der Waals surface area (Å²) in [6.45, 7) is 2.64. The summed E-state index contributed by atoms with van der Waals surface area (Å²) in [7, 11) is 1.59. The first kappa shape index (κ1) is 16.7. The molecule has 118 valence electrons. The highest BCUT2D eigenvalue weighted by molar-refractivity contribution is 7.12. The molecule has 1 atom stereocenters. The highest BCUT2D eigenvalue weighted by Crippen LogP contribution is 2.24. The van der Waals surface area contributed by atoms with E-state index in [1.54, 1.807) is 18.4 Å². The Kier molecular flexibility index (Phi) is 6.11. The van der Waals surface area contributed by atoms with Gasteiger partial charge in [0.15, 0.2) is 0 Å². The molecule has 0 aliphatic carbocycles. The van der Waals surface area contributed by atoms with Crippen molar-refractivity contribution in [2.45, 2.75) is 19.6 Å². The van der Waals surface area contributed by atoms with Crippen LogP contribution in [0.2, 0.25) is 0 Å². The second-order valence-corrected chi connectivity index (χ2v) is 7.00. The fourth-order valence-corrected chi connectivity index (χ4v) is 3.45. The maximum Gasteiger partial charge on any atom is 0.309 e. The van der Waals surface area contributed by atoms with E-state index in [-0.39, 0.29) is 12.6 Å². The summed E-state index contributed by atoms with van der Waals surface area (Å²) in [6, 6.07) is 7.78. The Balaban J connectivity index is 1.79. The van der Waals surface area contributed by atoms with E-state index in [0.29, 0.717) is 6.54 Å². The maximum absolute atomic E-state index is 11.8. The Morgan fingerprint density at radius 2 is 2.00 bits per heavy atom. The lowest BCUT2D eigenvalue weighted by atomic mass is 10.3. The molecule has 2 aromatic heterocycles. The molecular weight excluding hydrogens is 320 g/mol. The molecule has 0 aromatic carbocycles. The van der Waals surface area contributed by atoms with E-state index >= 15 is 0 Å². The van der Waals surface area contributed by atoms with Crippen LogP contribution in [-0.2, 0) is 20.9 Å². The van der Waals surface area contributed by atoms with E-state index < -0.39 is 11.8 Å². The van der Waals surface area contributed by atoms with Gasteiger partial charge in [-0.05, 0) is 30.5 Å². The molecule has 22 heavy (non-hydrogen) atoms. The lowest BCUT2D eigenvalue weighted by Gasteiger charge is -2.14. The van der Waals surface area contributed by atoms with Gasteiger partial charge in [0, 0.05) is 28.3 Å². The van der Waals surface area contributed by atoms with Crippen LogP contribution >= 0.6 is 22.7 Å². The van der Waals surface area contributed by atoms with Crippen molar-refractivity contribution in [3.05, 3.63) is 44.3 Å². The first-order valence-electron chi connectivity index (χ1n) is 6.77. The van der Waals surface area contributed by atoms with Gasteiger partial charge in [0.25, 0.3) is 0 Å². The lowest BCUT2D eigenvalue weighted by Crippen LogP contribution is -2.41. The highest BCUT2D eigenvalue weighted by Gasteiger charge is 2.17. The second-order valence-electron chi connectivity index (χ2n) is 4.64. The number of hydrogen-bond acceptors (Lipinski definition) is 5. The van der Waals surface area contributed by atoms with Crippen LogP contribution < -0.4 is 10.6 Å². The number of methoxy groups -OCH3 is 1. The van der Waals surface area contributed by atoms with Crippen LogP contribution in [0, 0.1) is 6.92 Å². The third-order valence-corrected chi connectivity index (χ3v) is 4.99. The zero-order valence-electron chi connectivity index (χ0n) is 12.4. The van der Waals surface area contributed by atoms with Gasteiger partial charge in [-0.2, -0.15) is 0 Å². The number of carbonyl (C=O) groups is 2. The molecule has 2 aromatic rings. The van der Waals surface area contributed by atoms with Crippen molar-refractivity contribution >= 4 is 34.5 Å². The number of nitrogens with one attached hydrogen (secondary N) is 2. The van der Waals surface area contributed by atoms with Crippen molar-refractivity contribution in [1.82, 2.24) is 10.6 Å². The van der Waals surface area contributed by atoms with Crippen LogP contribution in [0.4, 0.5) is 0 Å². The molecule has 0 spiro atoms. The summed E-state index contributed by atoms with van der Waals surface area (Å²) in [6.07, 6.45) is -0.243. The Morgan fingerprint density at radius 3 is 2.59 bits per heavy atom. The molecule has 0 saturated carbocycles. The quantitative estimate of drug-likeness (QED) is 0.794. The molecular formula is C15H18N2O3S2. The van der Waals surface area contributed by atoms with E-state index in [1.807, 2.05) is 36.6 Å². The van der Waals surface area contributed by atoms with Gasteiger partial charge in [-0.25, -0.2) is 0 Å². The van der Waals surface area contributed by atoms with E-state index in [2.05, 4.69) is 10.6 Å². The number of ether oxygens (including phenoxy) is 1. The minimum absolute atomic E-state index is 0.243. The van der Waals surface area contributed by atoms with Gasteiger partial charge in [0.2, 0.25) is 0 Å². The predicted octanol–water partition coefficient (Wildman–Crippen LogP) is 2.24. The van der Waals surface area contributed by atoms with Crippen LogP contribution in [0.15, 0.2) is 29.6 Å². The Bertz CT molecular complexity index is 623. The standard InChI is InChI=1S/C15H18N2O3S2/c1-10-5-6-13(22-10)12(20-2)9-17-15(19)14(18)16-8-11-4-3-7-21-11/h3-7,12H,8-9H2,1-2H3,(H,16,18)(H,17,19)/t12-/m0/s1. The molecule has 0 bridgehead atoms. The predicted molar refractivity (Wildman–Crippen MR) is 88.0 cm³/mol. The first-order chi connectivity index (χ1) is 10.6. The van der Waals surface area contributed by atoms with Crippen LogP contribution in [0.1, 0.15) is 20.7 Å². The monoisotopic (exact) mass is 338 g/mol. The molecule has 0 saturated heterocycles. The first-order valence-corrected chi connectivity index (χ1v) is 8.47. The van der Waals surface area contributed by atoms with Gasteiger partial charge in [-0.3, -0.25) is 9.59 Å². The number of aryl methyl sites for hydroxylation is 1. The Labute approximate surface area is 137 Å². The lowest BCUT2D eigenvalue weighted by molar-refractivity contribution is -0.139. The fraction of sp³-hybridized carbons (Fsp3) is 0.333. The molecule has 0 aliphatic rings. The third-order valence-electron chi connectivity index (χ3n) is 3.02.